The minimum absolute atomic E-state index is 0.0911. The summed E-state index contributed by atoms with van der Waals surface area (Å²) in [5.41, 5.74) is 1.40. The molecule has 3 rings (SSSR count). The van der Waals surface area contributed by atoms with Crippen molar-refractivity contribution in [3.8, 4) is 11.5 Å². The number of ether oxygens (including phenoxy) is 2. The van der Waals surface area contributed by atoms with Gasteiger partial charge in [-0.2, -0.15) is 5.10 Å². The molecule has 0 atom stereocenters. The molecule has 0 aliphatic carbocycles. The molecule has 1 heterocycles. The van der Waals surface area contributed by atoms with Gasteiger partial charge in [0.2, 0.25) is 5.91 Å². The Morgan fingerprint density at radius 2 is 2.03 bits per heavy atom. The third kappa shape index (κ3) is 6.33. The minimum atomic E-state index is -0.280. The van der Waals surface area contributed by atoms with Crippen LogP contribution < -0.4 is 20.1 Å². The number of carbonyl (C=O) groups excluding carboxylic acids is 2. The number of nitrogens with one attached hydrogen (secondary N) is 2. The Labute approximate surface area is 186 Å². The van der Waals surface area contributed by atoms with E-state index in [1.165, 1.54) is 18.0 Å². The number of benzene rings is 2. The Morgan fingerprint density at radius 3 is 2.73 bits per heavy atom. The van der Waals surface area contributed by atoms with E-state index in [0.29, 0.717) is 44.7 Å². The van der Waals surface area contributed by atoms with E-state index in [4.69, 9.17) is 9.47 Å². The first-order valence-corrected chi connectivity index (χ1v) is 10.8. The fraction of sp³-hybridized carbons (Fsp3) is 0.200. The molecule has 1 aliphatic rings. The van der Waals surface area contributed by atoms with E-state index in [9.17, 15) is 9.59 Å². The molecule has 2 N–H and O–H groups in total. The second-order valence-electron chi connectivity index (χ2n) is 5.94. The lowest BCUT2D eigenvalue weighted by atomic mass is 10.2. The summed E-state index contributed by atoms with van der Waals surface area (Å²) in [6, 6.07) is 12.6. The van der Waals surface area contributed by atoms with Crippen LogP contribution in [0.15, 0.2) is 57.1 Å². The Hall–Kier alpha value is -2.85. The van der Waals surface area contributed by atoms with Gasteiger partial charge in [0.1, 0.15) is 0 Å². The highest BCUT2D eigenvalue weighted by molar-refractivity contribution is 9.10. The molecule has 2 aromatic rings. The van der Waals surface area contributed by atoms with Gasteiger partial charge in [-0.05, 0) is 47.1 Å². The zero-order valence-electron chi connectivity index (χ0n) is 16.1. The predicted octanol–water partition coefficient (Wildman–Crippen LogP) is 3.42. The van der Waals surface area contributed by atoms with Crippen molar-refractivity contribution in [2.75, 3.05) is 24.3 Å². The molecule has 0 radical (unpaired) electrons. The smallest absolute Gasteiger partial charge is 0.262 e. The first-order valence-electron chi connectivity index (χ1n) is 9.03. The molecule has 10 heteroatoms. The number of halogens is 1. The van der Waals surface area contributed by atoms with Gasteiger partial charge in [0.15, 0.2) is 23.3 Å². The van der Waals surface area contributed by atoms with Gasteiger partial charge in [0, 0.05) is 15.7 Å². The largest absolute Gasteiger partial charge is 0.490 e. The molecule has 0 saturated carbocycles. The van der Waals surface area contributed by atoms with Gasteiger partial charge in [0.25, 0.3) is 5.91 Å². The number of rotatable bonds is 8. The number of thioether (sulfide) groups is 1. The number of hydrogen-bond donors (Lipinski definition) is 2. The number of amidine groups is 1. The molecule has 0 bridgehead atoms. The molecule has 1 aliphatic heterocycles. The van der Waals surface area contributed by atoms with E-state index in [1.54, 1.807) is 24.3 Å². The normalized spacial score (nSPS) is 14.7. The quantitative estimate of drug-likeness (QED) is 0.436. The summed E-state index contributed by atoms with van der Waals surface area (Å²) in [6.45, 7) is 2.11. The van der Waals surface area contributed by atoms with Crippen LogP contribution >= 0.6 is 27.7 Å². The third-order valence-corrected chi connectivity index (χ3v) is 5.26. The highest BCUT2D eigenvalue weighted by Gasteiger charge is 2.16. The molecule has 2 amide bonds. The molecule has 8 nitrogen and oxygen atoms in total. The summed E-state index contributed by atoms with van der Waals surface area (Å²) in [7, 11) is 0. The average Bonchev–Trinajstić information content (AvgIpc) is 3.15. The molecule has 2 aromatic carbocycles. The lowest BCUT2D eigenvalue weighted by Crippen LogP contribution is -2.20. The van der Waals surface area contributed by atoms with Crippen LogP contribution in [0, 0.1) is 0 Å². The van der Waals surface area contributed by atoms with Gasteiger partial charge in [-0.3, -0.25) is 9.59 Å². The third-order valence-electron chi connectivity index (χ3n) is 3.71. The Bertz CT molecular complexity index is 982. The second-order valence-corrected chi connectivity index (χ2v) is 7.76. The first kappa shape index (κ1) is 21.8. The van der Waals surface area contributed by atoms with Crippen molar-refractivity contribution in [2.24, 2.45) is 10.2 Å². The van der Waals surface area contributed by atoms with Crippen molar-refractivity contribution in [1.29, 1.82) is 0 Å². The summed E-state index contributed by atoms with van der Waals surface area (Å²) >= 11 is 4.76. The monoisotopic (exact) mass is 490 g/mol. The number of amides is 2. The Morgan fingerprint density at radius 1 is 1.27 bits per heavy atom. The van der Waals surface area contributed by atoms with E-state index in [0.717, 1.165) is 0 Å². The lowest BCUT2D eigenvalue weighted by molar-refractivity contribution is -0.118. The fourth-order valence-electron chi connectivity index (χ4n) is 2.42. The molecule has 0 spiro atoms. The summed E-state index contributed by atoms with van der Waals surface area (Å²) in [4.78, 5) is 23.3. The summed E-state index contributed by atoms with van der Waals surface area (Å²) < 4.78 is 12.0. The van der Waals surface area contributed by atoms with Gasteiger partial charge in [0.05, 0.1) is 18.6 Å². The van der Waals surface area contributed by atoms with Crippen LogP contribution in [0.2, 0.25) is 0 Å². The van der Waals surface area contributed by atoms with Gasteiger partial charge in [-0.1, -0.05) is 30.0 Å². The zero-order valence-corrected chi connectivity index (χ0v) is 18.5. The SMILES string of the molecule is CCOc1cc(C=NN=C2NC(=O)CS2)c(Br)cc1OCC(=O)Nc1ccccc1. The van der Waals surface area contributed by atoms with E-state index < -0.39 is 0 Å². The van der Waals surface area contributed by atoms with Gasteiger partial charge in [-0.25, -0.2) is 0 Å². The van der Waals surface area contributed by atoms with E-state index in [1.807, 2.05) is 25.1 Å². The summed E-state index contributed by atoms with van der Waals surface area (Å²) in [5, 5.41) is 13.8. The Kier molecular flexibility index (Phi) is 7.86. The van der Waals surface area contributed by atoms with Crippen LogP contribution in [0.3, 0.4) is 0 Å². The highest BCUT2D eigenvalue weighted by Crippen LogP contribution is 2.33. The second kappa shape index (κ2) is 10.8. The molecule has 30 heavy (non-hydrogen) atoms. The molecule has 0 aromatic heterocycles. The van der Waals surface area contributed by atoms with Crippen LogP contribution in [0.1, 0.15) is 12.5 Å². The maximum absolute atomic E-state index is 12.1. The minimum Gasteiger partial charge on any atom is -0.490 e. The number of hydrogen-bond acceptors (Lipinski definition) is 7. The molecule has 1 fully saturated rings. The van der Waals surface area contributed by atoms with Crippen molar-refractivity contribution in [3.05, 3.63) is 52.5 Å². The molecule has 156 valence electrons. The Balaban J connectivity index is 1.68. The molecule has 0 unspecified atom stereocenters. The van der Waals surface area contributed by atoms with Crippen LogP contribution in [0.5, 0.6) is 11.5 Å². The van der Waals surface area contributed by atoms with Crippen molar-refractivity contribution >= 4 is 56.6 Å². The van der Waals surface area contributed by atoms with E-state index >= 15 is 0 Å². The average molecular weight is 491 g/mol. The van der Waals surface area contributed by atoms with E-state index in [2.05, 4.69) is 36.8 Å². The van der Waals surface area contributed by atoms with Crippen LogP contribution in [0.4, 0.5) is 5.69 Å². The molecular weight excluding hydrogens is 472 g/mol. The van der Waals surface area contributed by atoms with Gasteiger partial charge < -0.3 is 20.1 Å². The molecular formula is C20H19BrN4O4S. The van der Waals surface area contributed by atoms with Crippen molar-refractivity contribution in [1.82, 2.24) is 5.32 Å². The lowest BCUT2D eigenvalue weighted by Gasteiger charge is -2.13. The molecule has 1 saturated heterocycles. The maximum atomic E-state index is 12.1. The van der Waals surface area contributed by atoms with Crippen molar-refractivity contribution in [2.45, 2.75) is 6.92 Å². The van der Waals surface area contributed by atoms with E-state index in [-0.39, 0.29) is 18.4 Å². The van der Waals surface area contributed by atoms with Gasteiger partial charge >= 0.3 is 0 Å². The predicted molar refractivity (Wildman–Crippen MR) is 122 cm³/mol. The topological polar surface area (TPSA) is 101 Å². The van der Waals surface area contributed by atoms with Crippen LogP contribution in [-0.2, 0) is 9.59 Å². The van der Waals surface area contributed by atoms with Crippen LogP contribution in [0.25, 0.3) is 0 Å². The number of para-hydroxylation sites is 1. The van der Waals surface area contributed by atoms with Crippen molar-refractivity contribution < 1.29 is 19.1 Å². The highest BCUT2D eigenvalue weighted by atomic mass is 79.9. The number of nitrogens with zero attached hydrogens (tertiary/aromatic N) is 2. The summed E-state index contributed by atoms with van der Waals surface area (Å²) in [5.74, 6) is 0.875. The van der Waals surface area contributed by atoms with Gasteiger partial charge in [-0.15, -0.1) is 5.10 Å². The van der Waals surface area contributed by atoms with Crippen molar-refractivity contribution in [3.63, 3.8) is 0 Å². The standard InChI is InChI=1S/C20H19BrN4O4S/c1-2-28-16-8-13(10-22-25-20-24-19(27)12-30-20)15(21)9-17(16)29-11-18(26)23-14-6-4-3-5-7-14/h3-10H,2,11-12H2,1H3,(H,23,26)(H,24,25,27). The number of carbonyl (C=O) groups is 2. The summed E-state index contributed by atoms with van der Waals surface area (Å²) in [6.07, 6.45) is 1.54. The zero-order chi connectivity index (χ0) is 21.3. The van der Waals surface area contributed by atoms with Crippen LogP contribution in [-0.4, -0.2) is 42.2 Å². The first-order chi connectivity index (χ1) is 14.5. The fourth-order valence-corrected chi connectivity index (χ4v) is 3.47. The number of anilines is 1. The maximum Gasteiger partial charge on any atom is 0.262 e.